The number of halogens is 1. The summed E-state index contributed by atoms with van der Waals surface area (Å²) in [4.78, 5) is 30.1. The highest BCUT2D eigenvalue weighted by Gasteiger charge is 2.07. The molecule has 3 N–H and O–H groups in total. The maximum atomic E-state index is 11.9. The molecular weight excluding hydrogens is 296 g/mol. The average molecular weight is 311 g/mol. The Bertz CT molecular complexity index is 629. The predicted octanol–water partition coefficient (Wildman–Crippen LogP) is 1.26. The van der Waals surface area contributed by atoms with Crippen molar-refractivity contribution in [3.8, 4) is 0 Å². The van der Waals surface area contributed by atoms with Gasteiger partial charge in [0.25, 0.3) is 5.91 Å². The van der Waals surface area contributed by atoms with Gasteiger partial charge in [0.1, 0.15) is 6.61 Å². The molecule has 0 bridgehead atoms. The molecule has 1 heterocycles. The number of rotatable bonds is 6. The van der Waals surface area contributed by atoms with Gasteiger partial charge in [-0.1, -0.05) is 0 Å². The molecule has 0 saturated carbocycles. The van der Waals surface area contributed by atoms with Gasteiger partial charge in [0, 0.05) is 18.7 Å². The number of amides is 2. The molecule has 1 aromatic carbocycles. The second kappa shape index (κ2) is 7.49. The molecule has 0 aliphatic rings. The fraction of sp³-hybridized carbons (Fsp3) is 0.308. The third kappa shape index (κ3) is 4.35. The molecule has 112 valence electrons. The van der Waals surface area contributed by atoms with E-state index in [1.165, 1.54) is 0 Å². The van der Waals surface area contributed by atoms with E-state index in [9.17, 15) is 9.59 Å². The van der Waals surface area contributed by atoms with E-state index in [0.717, 1.165) is 11.0 Å². The van der Waals surface area contributed by atoms with Crippen LogP contribution in [-0.2, 0) is 4.74 Å². The standard InChI is InChI=1S/C13H15ClN4O3/c14-3-6-21-13(20)16-5-4-15-12(19)9-1-2-10-11(7-9)18-8-17-10/h1-2,7-8H,3-6H2,(H,15,19)(H,16,20)(H,17,18). The van der Waals surface area contributed by atoms with Crippen molar-refractivity contribution in [3.05, 3.63) is 30.1 Å². The number of H-pyrrole nitrogens is 1. The summed E-state index contributed by atoms with van der Waals surface area (Å²) < 4.78 is 4.72. The van der Waals surface area contributed by atoms with Crippen molar-refractivity contribution in [1.82, 2.24) is 20.6 Å². The Balaban J connectivity index is 1.75. The summed E-state index contributed by atoms with van der Waals surface area (Å²) in [5.41, 5.74) is 2.12. The number of alkyl halides is 1. The van der Waals surface area contributed by atoms with Crippen LogP contribution in [0.3, 0.4) is 0 Å². The Morgan fingerprint density at radius 1 is 1.29 bits per heavy atom. The van der Waals surface area contributed by atoms with Crippen LogP contribution in [0.1, 0.15) is 10.4 Å². The number of ether oxygens (including phenoxy) is 1. The molecule has 0 atom stereocenters. The molecule has 2 rings (SSSR count). The van der Waals surface area contributed by atoms with Crippen molar-refractivity contribution in [1.29, 1.82) is 0 Å². The highest BCUT2D eigenvalue weighted by molar-refractivity contribution is 6.18. The van der Waals surface area contributed by atoms with Crippen molar-refractivity contribution in [2.75, 3.05) is 25.6 Å². The summed E-state index contributed by atoms with van der Waals surface area (Å²) in [5.74, 6) is 0.0303. The summed E-state index contributed by atoms with van der Waals surface area (Å²) in [5, 5.41) is 5.20. The van der Waals surface area contributed by atoms with Crippen LogP contribution in [-0.4, -0.2) is 47.5 Å². The number of alkyl carbamates (subject to hydrolysis) is 1. The highest BCUT2D eigenvalue weighted by Crippen LogP contribution is 2.11. The zero-order valence-electron chi connectivity index (χ0n) is 11.2. The molecule has 2 aromatic rings. The number of nitrogens with one attached hydrogen (secondary N) is 3. The van der Waals surface area contributed by atoms with E-state index in [2.05, 4.69) is 20.6 Å². The number of hydrogen-bond donors (Lipinski definition) is 3. The minimum atomic E-state index is -0.552. The first kappa shape index (κ1) is 15.1. The number of fused-ring (bicyclic) bond motifs is 1. The smallest absolute Gasteiger partial charge is 0.407 e. The van der Waals surface area contributed by atoms with Gasteiger partial charge >= 0.3 is 6.09 Å². The van der Waals surface area contributed by atoms with Crippen LogP contribution in [0.25, 0.3) is 11.0 Å². The lowest BCUT2D eigenvalue weighted by Gasteiger charge is -2.07. The molecule has 2 amide bonds. The number of imidazole rings is 1. The van der Waals surface area contributed by atoms with Gasteiger partial charge in [0.05, 0.1) is 23.2 Å². The van der Waals surface area contributed by atoms with Gasteiger partial charge in [-0.3, -0.25) is 4.79 Å². The topological polar surface area (TPSA) is 96.1 Å². The average Bonchev–Trinajstić information content (AvgIpc) is 2.96. The third-order valence-corrected chi connectivity index (χ3v) is 2.83. The number of carbonyl (C=O) groups is 2. The lowest BCUT2D eigenvalue weighted by Crippen LogP contribution is -2.35. The van der Waals surface area contributed by atoms with Gasteiger partial charge in [-0.25, -0.2) is 9.78 Å². The molecule has 0 aliphatic carbocycles. The SMILES string of the molecule is O=C(NCCNC(=O)c1ccc2nc[nH]c2c1)OCCCl. The lowest BCUT2D eigenvalue weighted by molar-refractivity contribution is 0.0952. The van der Waals surface area contributed by atoms with Crippen molar-refractivity contribution < 1.29 is 14.3 Å². The predicted molar refractivity (Wildman–Crippen MR) is 78.5 cm³/mol. The number of carbonyl (C=O) groups excluding carboxylic acids is 2. The number of benzene rings is 1. The first-order valence-electron chi connectivity index (χ1n) is 6.38. The van der Waals surface area contributed by atoms with Gasteiger partial charge in [-0.05, 0) is 18.2 Å². The van der Waals surface area contributed by atoms with E-state index in [-0.39, 0.29) is 24.9 Å². The van der Waals surface area contributed by atoms with Gasteiger partial charge in [-0.2, -0.15) is 0 Å². The Morgan fingerprint density at radius 3 is 2.90 bits per heavy atom. The minimum absolute atomic E-state index is 0.157. The number of nitrogens with zero attached hydrogens (tertiary/aromatic N) is 1. The number of aromatic amines is 1. The second-order valence-corrected chi connectivity index (χ2v) is 4.52. The summed E-state index contributed by atoms with van der Waals surface area (Å²) in [7, 11) is 0. The van der Waals surface area contributed by atoms with Gasteiger partial charge in [-0.15, -0.1) is 11.6 Å². The van der Waals surface area contributed by atoms with Gasteiger partial charge in [0.15, 0.2) is 0 Å². The summed E-state index contributed by atoms with van der Waals surface area (Å²) in [6.07, 6.45) is 1.02. The third-order valence-electron chi connectivity index (χ3n) is 2.67. The number of hydrogen-bond acceptors (Lipinski definition) is 4. The quantitative estimate of drug-likeness (QED) is 0.553. The van der Waals surface area contributed by atoms with E-state index < -0.39 is 6.09 Å². The molecule has 0 spiro atoms. The fourth-order valence-electron chi connectivity index (χ4n) is 1.70. The molecule has 0 saturated heterocycles. The first-order chi connectivity index (χ1) is 10.2. The van der Waals surface area contributed by atoms with E-state index >= 15 is 0 Å². The fourth-order valence-corrected chi connectivity index (χ4v) is 1.78. The highest BCUT2D eigenvalue weighted by atomic mass is 35.5. The zero-order chi connectivity index (χ0) is 15.1. The van der Waals surface area contributed by atoms with Crippen LogP contribution >= 0.6 is 11.6 Å². The Kier molecular flexibility index (Phi) is 5.39. The van der Waals surface area contributed by atoms with Gasteiger partial charge in [0.2, 0.25) is 0 Å². The summed E-state index contributed by atoms with van der Waals surface area (Å²) >= 11 is 5.38. The molecule has 0 radical (unpaired) electrons. The maximum absolute atomic E-state index is 11.9. The molecule has 0 aliphatic heterocycles. The van der Waals surface area contributed by atoms with Crippen LogP contribution in [0.5, 0.6) is 0 Å². The Morgan fingerprint density at radius 2 is 2.10 bits per heavy atom. The van der Waals surface area contributed by atoms with Crippen molar-refractivity contribution in [2.24, 2.45) is 0 Å². The molecule has 21 heavy (non-hydrogen) atoms. The molecule has 1 aromatic heterocycles. The molecule has 8 heteroatoms. The monoisotopic (exact) mass is 310 g/mol. The van der Waals surface area contributed by atoms with Crippen molar-refractivity contribution in [3.63, 3.8) is 0 Å². The Labute approximate surface area is 126 Å². The lowest BCUT2D eigenvalue weighted by atomic mass is 10.2. The van der Waals surface area contributed by atoms with Crippen LogP contribution in [0, 0.1) is 0 Å². The molecule has 0 fully saturated rings. The number of aromatic nitrogens is 2. The molecule has 0 unspecified atom stereocenters. The van der Waals surface area contributed by atoms with Gasteiger partial charge < -0.3 is 20.4 Å². The van der Waals surface area contributed by atoms with Crippen molar-refractivity contribution >= 4 is 34.6 Å². The van der Waals surface area contributed by atoms with Crippen LogP contribution in [0.4, 0.5) is 4.79 Å². The van der Waals surface area contributed by atoms with Crippen LogP contribution < -0.4 is 10.6 Å². The molecule has 7 nitrogen and oxygen atoms in total. The summed E-state index contributed by atoms with van der Waals surface area (Å²) in [6, 6.07) is 5.18. The zero-order valence-corrected chi connectivity index (χ0v) is 11.9. The normalized spacial score (nSPS) is 10.3. The first-order valence-corrected chi connectivity index (χ1v) is 6.92. The maximum Gasteiger partial charge on any atom is 0.407 e. The second-order valence-electron chi connectivity index (χ2n) is 4.14. The van der Waals surface area contributed by atoms with Crippen LogP contribution in [0.15, 0.2) is 24.5 Å². The van der Waals surface area contributed by atoms with E-state index in [1.807, 2.05) is 0 Å². The van der Waals surface area contributed by atoms with E-state index in [0.29, 0.717) is 12.1 Å². The largest absolute Gasteiger partial charge is 0.448 e. The Hall–Kier alpha value is -2.28. The minimum Gasteiger partial charge on any atom is -0.448 e. The summed E-state index contributed by atoms with van der Waals surface area (Å²) in [6.45, 7) is 0.735. The van der Waals surface area contributed by atoms with Crippen molar-refractivity contribution in [2.45, 2.75) is 0 Å². The van der Waals surface area contributed by atoms with E-state index in [1.54, 1.807) is 24.5 Å². The van der Waals surface area contributed by atoms with E-state index in [4.69, 9.17) is 16.3 Å². The van der Waals surface area contributed by atoms with Crippen LogP contribution in [0.2, 0.25) is 0 Å². The molecular formula is C13H15ClN4O3.